The molecule has 0 aromatic heterocycles. The van der Waals surface area contributed by atoms with E-state index in [-0.39, 0.29) is 6.54 Å². The van der Waals surface area contributed by atoms with Crippen molar-refractivity contribution >= 4 is 25.6 Å². The molecule has 9 heteroatoms. The van der Waals surface area contributed by atoms with Gasteiger partial charge in [0.25, 0.3) is 15.0 Å². The van der Waals surface area contributed by atoms with Gasteiger partial charge < -0.3 is 10.1 Å². The lowest BCUT2D eigenvalue weighted by Gasteiger charge is -2.10. The SMILES string of the molecule is C=CCNC(=O)COc1c(F)cc(F)cc1S(=O)(=O)Cl. The molecule has 0 aliphatic heterocycles. The van der Waals surface area contributed by atoms with E-state index in [1.807, 2.05) is 0 Å². The average Bonchev–Trinajstić information content (AvgIpc) is 2.33. The molecule has 0 spiro atoms. The largest absolute Gasteiger partial charge is 0.479 e. The number of carbonyl (C=O) groups is 1. The van der Waals surface area contributed by atoms with E-state index in [0.717, 1.165) is 0 Å². The molecular formula is C11H10ClF2NO4S. The molecular weight excluding hydrogens is 316 g/mol. The summed E-state index contributed by atoms with van der Waals surface area (Å²) in [6.45, 7) is 2.87. The Hall–Kier alpha value is -1.67. The molecule has 0 saturated carbocycles. The van der Waals surface area contributed by atoms with Crippen molar-refractivity contribution in [2.45, 2.75) is 4.90 Å². The van der Waals surface area contributed by atoms with Crippen LogP contribution < -0.4 is 10.1 Å². The van der Waals surface area contributed by atoms with Crippen LogP contribution in [0.25, 0.3) is 0 Å². The number of hydrogen-bond acceptors (Lipinski definition) is 4. The Morgan fingerprint density at radius 1 is 1.45 bits per heavy atom. The molecule has 0 aliphatic rings. The van der Waals surface area contributed by atoms with Gasteiger partial charge >= 0.3 is 0 Å². The number of ether oxygens (including phenoxy) is 1. The predicted molar refractivity (Wildman–Crippen MR) is 68.1 cm³/mol. The molecule has 1 aromatic rings. The second-order valence-corrected chi connectivity index (χ2v) is 6.07. The van der Waals surface area contributed by atoms with Crippen LogP contribution in [0.5, 0.6) is 5.75 Å². The minimum absolute atomic E-state index is 0.161. The molecule has 1 amide bonds. The highest BCUT2D eigenvalue weighted by Gasteiger charge is 2.23. The molecule has 110 valence electrons. The minimum atomic E-state index is -4.42. The van der Waals surface area contributed by atoms with E-state index >= 15 is 0 Å². The van der Waals surface area contributed by atoms with E-state index < -0.39 is 43.8 Å². The monoisotopic (exact) mass is 325 g/mol. The van der Waals surface area contributed by atoms with Gasteiger partial charge in [-0.2, -0.15) is 0 Å². The van der Waals surface area contributed by atoms with E-state index in [2.05, 4.69) is 11.9 Å². The van der Waals surface area contributed by atoms with Gasteiger partial charge in [-0.25, -0.2) is 17.2 Å². The van der Waals surface area contributed by atoms with Gasteiger partial charge in [-0.3, -0.25) is 4.79 Å². The van der Waals surface area contributed by atoms with E-state index in [9.17, 15) is 22.0 Å². The Balaban J connectivity index is 3.00. The fourth-order valence-electron chi connectivity index (χ4n) is 1.23. The molecule has 1 N–H and O–H groups in total. The van der Waals surface area contributed by atoms with Crippen LogP contribution in [0, 0.1) is 11.6 Å². The fourth-order valence-corrected chi connectivity index (χ4v) is 2.21. The molecule has 0 aliphatic carbocycles. The van der Waals surface area contributed by atoms with Crippen LogP contribution in [-0.4, -0.2) is 27.5 Å². The van der Waals surface area contributed by atoms with Crippen LogP contribution in [0.15, 0.2) is 29.7 Å². The molecule has 1 aromatic carbocycles. The summed E-state index contributed by atoms with van der Waals surface area (Å²) in [5.74, 6) is -3.85. The van der Waals surface area contributed by atoms with Gasteiger partial charge in [0.2, 0.25) is 0 Å². The highest BCUT2D eigenvalue weighted by atomic mass is 35.7. The smallest absolute Gasteiger partial charge is 0.265 e. The molecule has 0 atom stereocenters. The maximum Gasteiger partial charge on any atom is 0.265 e. The number of hydrogen-bond donors (Lipinski definition) is 1. The first kappa shape index (κ1) is 16.4. The number of carbonyl (C=O) groups excluding carboxylic acids is 1. The lowest BCUT2D eigenvalue weighted by molar-refractivity contribution is -0.122. The van der Waals surface area contributed by atoms with Crippen LogP contribution >= 0.6 is 10.7 Å². The third-order valence-corrected chi connectivity index (χ3v) is 3.36. The summed E-state index contributed by atoms with van der Waals surface area (Å²) in [6, 6.07) is 0.922. The Morgan fingerprint density at radius 2 is 2.10 bits per heavy atom. The summed E-state index contributed by atoms with van der Waals surface area (Å²) in [4.78, 5) is 10.4. The summed E-state index contributed by atoms with van der Waals surface area (Å²) in [7, 11) is 0.628. The first-order valence-electron chi connectivity index (χ1n) is 5.19. The van der Waals surface area contributed by atoms with Crippen LogP contribution in [-0.2, 0) is 13.8 Å². The second kappa shape index (κ2) is 6.67. The van der Waals surface area contributed by atoms with Crippen molar-refractivity contribution in [3.63, 3.8) is 0 Å². The van der Waals surface area contributed by atoms with E-state index in [4.69, 9.17) is 15.4 Å². The summed E-state index contributed by atoms with van der Waals surface area (Å²) >= 11 is 0. The number of nitrogens with one attached hydrogen (secondary N) is 1. The van der Waals surface area contributed by atoms with Gasteiger partial charge in [-0.15, -0.1) is 6.58 Å². The maximum atomic E-state index is 13.5. The summed E-state index contributed by atoms with van der Waals surface area (Å²) in [5, 5.41) is 2.33. The average molecular weight is 326 g/mol. The van der Waals surface area contributed by atoms with Crippen LogP contribution in [0.3, 0.4) is 0 Å². The zero-order valence-corrected chi connectivity index (χ0v) is 11.6. The third kappa shape index (κ3) is 4.46. The highest BCUT2D eigenvalue weighted by Crippen LogP contribution is 2.30. The van der Waals surface area contributed by atoms with Crippen molar-refractivity contribution in [2.75, 3.05) is 13.2 Å². The molecule has 0 bridgehead atoms. The van der Waals surface area contributed by atoms with Crippen LogP contribution in [0.2, 0.25) is 0 Å². The topological polar surface area (TPSA) is 72.5 Å². The molecule has 0 heterocycles. The predicted octanol–water partition coefficient (Wildman–Crippen LogP) is 1.57. The van der Waals surface area contributed by atoms with E-state index in [1.165, 1.54) is 6.08 Å². The van der Waals surface area contributed by atoms with Crippen molar-refractivity contribution in [1.82, 2.24) is 5.32 Å². The van der Waals surface area contributed by atoms with E-state index in [0.29, 0.717) is 12.1 Å². The Labute approximate surface area is 118 Å². The zero-order chi connectivity index (χ0) is 15.3. The van der Waals surface area contributed by atoms with Gasteiger partial charge in [0.05, 0.1) is 0 Å². The Bertz CT molecular complexity index is 634. The zero-order valence-electron chi connectivity index (χ0n) is 10.0. The van der Waals surface area contributed by atoms with Crippen molar-refractivity contribution in [3.8, 4) is 5.75 Å². The van der Waals surface area contributed by atoms with Gasteiger partial charge in [0, 0.05) is 23.3 Å². The number of benzene rings is 1. The van der Waals surface area contributed by atoms with Gasteiger partial charge in [-0.1, -0.05) is 6.08 Å². The van der Waals surface area contributed by atoms with Crippen LogP contribution in [0.1, 0.15) is 0 Å². The van der Waals surface area contributed by atoms with E-state index in [1.54, 1.807) is 0 Å². The van der Waals surface area contributed by atoms with Gasteiger partial charge in [-0.05, 0) is 6.07 Å². The Kier molecular flexibility index (Phi) is 5.46. The number of halogens is 3. The molecule has 5 nitrogen and oxygen atoms in total. The molecule has 1 rings (SSSR count). The fraction of sp³-hybridized carbons (Fsp3) is 0.182. The third-order valence-electron chi connectivity index (χ3n) is 2.03. The van der Waals surface area contributed by atoms with Crippen molar-refractivity contribution in [3.05, 3.63) is 36.4 Å². The molecule has 0 unspecified atom stereocenters. The summed E-state index contributed by atoms with van der Waals surface area (Å²) < 4.78 is 53.7. The minimum Gasteiger partial charge on any atom is -0.479 e. The van der Waals surface area contributed by atoms with Crippen molar-refractivity contribution < 1.29 is 26.7 Å². The molecule has 20 heavy (non-hydrogen) atoms. The lowest BCUT2D eigenvalue weighted by Crippen LogP contribution is -2.29. The van der Waals surface area contributed by atoms with Crippen molar-refractivity contribution in [1.29, 1.82) is 0 Å². The maximum absolute atomic E-state index is 13.5. The number of rotatable bonds is 6. The second-order valence-electron chi connectivity index (χ2n) is 3.53. The summed E-state index contributed by atoms with van der Waals surface area (Å²) in [6.07, 6.45) is 1.41. The van der Waals surface area contributed by atoms with Crippen LogP contribution in [0.4, 0.5) is 8.78 Å². The van der Waals surface area contributed by atoms with Gasteiger partial charge in [0.1, 0.15) is 10.7 Å². The highest BCUT2D eigenvalue weighted by molar-refractivity contribution is 8.13. The van der Waals surface area contributed by atoms with Gasteiger partial charge in [0.15, 0.2) is 18.2 Å². The molecule has 0 saturated heterocycles. The normalized spacial score (nSPS) is 10.9. The lowest BCUT2D eigenvalue weighted by atomic mass is 10.3. The molecule has 0 fully saturated rings. The molecule has 0 radical (unpaired) electrons. The number of amides is 1. The summed E-state index contributed by atoms with van der Waals surface area (Å²) in [5.41, 5.74) is 0. The quantitative estimate of drug-likeness (QED) is 0.636. The Morgan fingerprint density at radius 3 is 2.65 bits per heavy atom. The first-order chi connectivity index (χ1) is 9.25. The first-order valence-corrected chi connectivity index (χ1v) is 7.50. The standard InChI is InChI=1S/C11H10ClF2NO4S/c1-2-3-15-10(16)6-19-11-8(14)4-7(13)5-9(11)20(12,17)18/h2,4-5H,1,3,6H2,(H,15,16). The van der Waals surface area contributed by atoms with Crippen molar-refractivity contribution in [2.24, 2.45) is 0 Å².